The summed E-state index contributed by atoms with van der Waals surface area (Å²) in [5.41, 5.74) is 11.1. The van der Waals surface area contributed by atoms with Crippen LogP contribution in [0.3, 0.4) is 0 Å². The van der Waals surface area contributed by atoms with Gasteiger partial charge in [-0.25, -0.2) is 0 Å². The molecular weight excluding hydrogens is 370 g/mol. The Bertz CT molecular complexity index is 623. The van der Waals surface area contributed by atoms with Gasteiger partial charge >= 0.3 is 5.97 Å². The van der Waals surface area contributed by atoms with Crippen LogP contribution in [0.25, 0.3) is 0 Å². The third-order valence-electron chi connectivity index (χ3n) is 4.33. The number of nitrogens with zero attached hydrogens (tertiary/aromatic N) is 1. The van der Waals surface area contributed by atoms with Crippen molar-refractivity contribution in [1.82, 2.24) is 15.5 Å². The minimum absolute atomic E-state index is 0.215. The highest BCUT2D eigenvalue weighted by molar-refractivity contribution is 5.95. The van der Waals surface area contributed by atoms with Gasteiger partial charge in [0.1, 0.15) is 18.6 Å². The molecule has 7 N–H and O–H groups in total. The molecule has 1 aliphatic rings. The third kappa shape index (κ3) is 7.14. The maximum atomic E-state index is 12.6. The van der Waals surface area contributed by atoms with Crippen LogP contribution in [-0.2, 0) is 24.0 Å². The molecule has 0 aromatic rings. The summed E-state index contributed by atoms with van der Waals surface area (Å²) in [6, 6.07) is -2.87. The number of primary amides is 1. The van der Waals surface area contributed by atoms with Crippen LogP contribution in [0.5, 0.6) is 0 Å². The Labute approximate surface area is 163 Å². The molecule has 4 amide bonds. The molecule has 0 saturated carbocycles. The van der Waals surface area contributed by atoms with E-state index in [1.165, 1.54) is 4.90 Å². The van der Waals surface area contributed by atoms with Crippen LogP contribution in [0.1, 0.15) is 39.5 Å². The average Bonchev–Trinajstić information content (AvgIpc) is 3.06. The van der Waals surface area contributed by atoms with E-state index in [2.05, 4.69) is 10.6 Å². The zero-order chi connectivity index (χ0) is 21.4. The average molecular weight is 399 g/mol. The lowest BCUT2D eigenvalue weighted by atomic mass is 10.0. The lowest BCUT2D eigenvalue weighted by Crippen LogP contribution is -2.56. The molecule has 0 aromatic heterocycles. The van der Waals surface area contributed by atoms with Crippen LogP contribution in [0, 0.1) is 5.92 Å². The Hall–Kier alpha value is -2.69. The van der Waals surface area contributed by atoms with Crippen molar-refractivity contribution in [3.8, 4) is 0 Å². The predicted molar refractivity (Wildman–Crippen MR) is 98.6 cm³/mol. The summed E-state index contributed by atoms with van der Waals surface area (Å²) >= 11 is 0. The van der Waals surface area contributed by atoms with Gasteiger partial charge in [-0.15, -0.1) is 0 Å². The number of nitrogens with one attached hydrogen (secondary N) is 2. The largest absolute Gasteiger partial charge is 0.480 e. The number of carbonyl (C=O) groups is 5. The van der Waals surface area contributed by atoms with Crippen molar-refractivity contribution in [2.75, 3.05) is 13.1 Å². The number of rotatable bonds is 10. The molecular formula is C17H29N5O6. The topological polar surface area (TPSA) is 185 Å². The fourth-order valence-electron chi connectivity index (χ4n) is 3.09. The van der Waals surface area contributed by atoms with Gasteiger partial charge in [-0.1, -0.05) is 13.8 Å². The van der Waals surface area contributed by atoms with Crippen molar-refractivity contribution in [3.05, 3.63) is 0 Å². The normalized spacial score (nSPS) is 18.4. The van der Waals surface area contributed by atoms with Gasteiger partial charge < -0.3 is 32.1 Å². The lowest BCUT2D eigenvalue weighted by Gasteiger charge is -2.28. The highest BCUT2D eigenvalue weighted by Gasteiger charge is 2.37. The minimum atomic E-state index is -1.33. The molecule has 0 aromatic carbocycles. The molecule has 158 valence electrons. The molecule has 11 nitrogen and oxygen atoms in total. The first-order valence-electron chi connectivity index (χ1n) is 9.17. The summed E-state index contributed by atoms with van der Waals surface area (Å²) in [5.74, 6) is -3.70. The molecule has 0 bridgehead atoms. The summed E-state index contributed by atoms with van der Waals surface area (Å²) in [6.45, 7) is 3.58. The second-order valence-corrected chi connectivity index (χ2v) is 7.27. The minimum Gasteiger partial charge on any atom is -0.480 e. The van der Waals surface area contributed by atoms with Crippen LogP contribution in [-0.4, -0.2) is 70.8 Å². The molecule has 3 unspecified atom stereocenters. The molecule has 1 aliphatic heterocycles. The van der Waals surface area contributed by atoms with E-state index < -0.39 is 54.8 Å². The van der Waals surface area contributed by atoms with Gasteiger partial charge in [0.05, 0.1) is 12.5 Å². The Morgan fingerprint density at radius 3 is 2.39 bits per heavy atom. The number of amides is 4. The van der Waals surface area contributed by atoms with Gasteiger partial charge in [0.2, 0.25) is 23.6 Å². The zero-order valence-electron chi connectivity index (χ0n) is 16.1. The molecule has 0 radical (unpaired) electrons. The Morgan fingerprint density at radius 1 is 1.21 bits per heavy atom. The van der Waals surface area contributed by atoms with E-state index in [4.69, 9.17) is 16.6 Å². The number of aliphatic carboxylic acids is 1. The van der Waals surface area contributed by atoms with Crippen LogP contribution >= 0.6 is 0 Å². The monoisotopic (exact) mass is 399 g/mol. The molecule has 11 heteroatoms. The van der Waals surface area contributed by atoms with Crippen molar-refractivity contribution in [1.29, 1.82) is 0 Å². The van der Waals surface area contributed by atoms with Crippen molar-refractivity contribution < 1.29 is 29.1 Å². The quantitative estimate of drug-likeness (QED) is 0.279. The van der Waals surface area contributed by atoms with Gasteiger partial charge in [0.25, 0.3) is 0 Å². The van der Waals surface area contributed by atoms with Crippen LogP contribution in [0.2, 0.25) is 0 Å². The number of nitrogens with two attached hydrogens (primary N) is 2. The van der Waals surface area contributed by atoms with Gasteiger partial charge in [-0.05, 0) is 25.2 Å². The molecule has 28 heavy (non-hydrogen) atoms. The van der Waals surface area contributed by atoms with Gasteiger partial charge in [0, 0.05) is 6.54 Å². The SMILES string of the molecule is CC(C)CC(N)C(=O)N1CCCC1C(=O)NC(CC(N)=O)C(=O)NCC(=O)O. The molecule has 0 spiro atoms. The van der Waals surface area contributed by atoms with Crippen LogP contribution in [0.15, 0.2) is 0 Å². The van der Waals surface area contributed by atoms with Crippen LogP contribution < -0.4 is 22.1 Å². The second kappa shape index (κ2) is 10.6. The van der Waals surface area contributed by atoms with Crippen molar-refractivity contribution in [2.24, 2.45) is 17.4 Å². The summed E-state index contributed by atoms with van der Waals surface area (Å²) in [4.78, 5) is 60.5. The Balaban J connectivity index is 2.81. The second-order valence-electron chi connectivity index (χ2n) is 7.27. The number of carboxylic acid groups (broad SMARTS) is 1. The van der Waals surface area contributed by atoms with E-state index >= 15 is 0 Å². The molecule has 3 atom stereocenters. The molecule has 1 saturated heterocycles. The predicted octanol–water partition coefficient (Wildman–Crippen LogP) is -2.09. The zero-order valence-corrected chi connectivity index (χ0v) is 16.1. The van der Waals surface area contributed by atoms with E-state index in [-0.39, 0.29) is 11.8 Å². The summed E-state index contributed by atoms with van der Waals surface area (Å²) in [6.07, 6.45) is 0.978. The van der Waals surface area contributed by atoms with Gasteiger partial charge in [0.15, 0.2) is 0 Å². The van der Waals surface area contributed by atoms with Crippen molar-refractivity contribution in [2.45, 2.75) is 57.7 Å². The van der Waals surface area contributed by atoms with E-state index in [1.54, 1.807) is 0 Å². The first-order chi connectivity index (χ1) is 13.0. The highest BCUT2D eigenvalue weighted by Crippen LogP contribution is 2.20. The summed E-state index contributed by atoms with van der Waals surface area (Å²) < 4.78 is 0. The summed E-state index contributed by atoms with van der Waals surface area (Å²) in [5, 5.41) is 13.1. The number of carbonyl (C=O) groups excluding carboxylic acids is 4. The summed E-state index contributed by atoms with van der Waals surface area (Å²) in [7, 11) is 0. The van der Waals surface area contributed by atoms with Crippen LogP contribution in [0.4, 0.5) is 0 Å². The van der Waals surface area contributed by atoms with Gasteiger partial charge in [-0.2, -0.15) is 0 Å². The Morgan fingerprint density at radius 2 is 1.86 bits per heavy atom. The lowest BCUT2D eigenvalue weighted by molar-refractivity contribution is -0.141. The number of carboxylic acids is 1. The first-order valence-corrected chi connectivity index (χ1v) is 9.17. The molecule has 1 rings (SSSR count). The van der Waals surface area contributed by atoms with Crippen molar-refractivity contribution in [3.63, 3.8) is 0 Å². The molecule has 1 heterocycles. The third-order valence-corrected chi connectivity index (χ3v) is 4.33. The van der Waals surface area contributed by atoms with E-state index in [0.717, 1.165) is 0 Å². The first kappa shape index (κ1) is 23.3. The highest BCUT2D eigenvalue weighted by atomic mass is 16.4. The standard InChI is InChI=1S/C17H29N5O6/c1-9(2)6-10(18)17(28)22-5-3-4-12(22)16(27)21-11(7-13(19)23)15(26)20-8-14(24)25/h9-12H,3-8,18H2,1-2H3,(H2,19,23)(H,20,26)(H,21,27)(H,24,25). The van der Waals surface area contributed by atoms with Crippen molar-refractivity contribution >= 4 is 29.6 Å². The number of hydrogen-bond donors (Lipinski definition) is 5. The Kier molecular flexibility index (Phi) is 8.83. The molecule has 1 fully saturated rings. The van der Waals surface area contributed by atoms with E-state index in [9.17, 15) is 24.0 Å². The van der Waals surface area contributed by atoms with E-state index in [1.807, 2.05) is 13.8 Å². The molecule has 0 aliphatic carbocycles. The fourth-order valence-corrected chi connectivity index (χ4v) is 3.09. The van der Waals surface area contributed by atoms with E-state index in [0.29, 0.717) is 25.8 Å². The number of hydrogen-bond acceptors (Lipinski definition) is 6. The smallest absolute Gasteiger partial charge is 0.322 e. The number of likely N-dealkylation sites (tertiary alicyclic amines) is 1. The van der Waals surface area contributed by atoms with Gasteiger partial charge in [-0.3, -0.25) is 24.0 Å². The maximum Gasteiger partial charge on any atom is 0.322 e. The maximum absolute atomic E-state index is 12.6. The fraction of sp³-hybridized carbons (Fsp3) is 0.706.